The third kappa shape index (κ3) is 6.42. The number of esters is 1. The summed E-state index contributed by atoms with van der Waals surface area (Å²) in [6.07, 6.45) is 1.18. The predicted molar refractivity (Wildman–Crippen MR) is 108 cm³/mol. The molecule has 1 atom stereocenters. The first-order valence-electron chi connectivity index (χ1n) is 8.70. The summed E-state index contributed by atoms with van der Waals surface area (Å²) < 4.78 is 16.9. The minimum absolute atomic E-state index is 0.0148. The van der Waals surface area contributed by atoms with Gasteiger partial charge in [0, 0.05) is 9.99 Å². The van der Waals surface area contributed by atoms with Gasteiger partial charge in [-0.2, -0.15) is 0 Å². The number of ether oxygens (including phenoxy) is 3. The number of carbonyl (C=O) groups excluding carboxylic acids is 2. The summed E-state index contributed by atoms with van der Waals surface area (Å²) in [5.74, 6) is 1.02. The highest BCUT2D eigenvalue weighted by Gasteiger charge is 2.22. The van der Waals surface area contributed by atoms with E-state index in [2.05, 4.69) is 27.9 Å². The van der Waals surface area contributed by atoms with Crippen LogP contribution in [0.1, 0.15) is 18.4 Å². The Morgan fingerprint density at radius 3 is 2.48 bits per heavy atom. The smallest absolute Gasteiger partial charge is 0.407 e. The minimum Gasteiger partial charge on any atom is -0.494 e. The van der Waals surface area contributed by atoms with Gasteiger partial charge < -0.3 is 19.5 Å². The van der Waals surface area contributed by atoms with E-state index in [1.807, 2.05) is 36.4 Å². The summed E-state index contributed by atoms with van der Waals surface area (Å²) in [4.78, 5) is 22.9. The lowest BCUT2D eigenvalue weighted by molar-refractivity contribution is -0.134. The molecule has 0 aromatic heterocycles. The molecule has 1 aliphatic heterocycles. The summed E-state index contributed by atoms with van der Waals surface area (Å²) >= 11 is 2.24. The zero-order valence-corrected chi connectivity index (χ0v) is 16.8. The van der Waals surface area contributed by atoms with Crippen LogP contribution in [0.3, 0.4) is 0 Å². The number of alkyl carbamates (subject to hydrolysis) is 1. The van der Waals surface area contributed by atoms with Crippen LogP contribution in [0.15, 0.2) is 48.5 Å². The molecule has 1 N–H and O–H groups in total. The van der Waals surface area contributed by atoms with E-state index in [1.165, 1.54) is 0 Å². The molecule has 2 aromatic carbocycles. The van der Waals surface area contributed by atoms with Gasteiger partial charge in [0.25, 0.3) is 0 Å². The van der Waals surface area contributed by atoms with Gasteiger partial charge >= 0.3 is 12.1 Å². The van der Waals surface area contributed by atoms with E-state index in [0.29, 0.717) is 31.8 Å². The van der Waals surface area contributed by atoms with Crippen molar-refractivity contribution < 1.29 is 23.8 Å². The van der Waals surface area contributed by atoms with E-state index < -0.39 is 0 Å². The number of nitrogens with one attached hydrogen (secondary N) is 1. The standard InChI is InChI=1S/C20H20INO5/c21-15-5-9-17(10-6-15)25-11-1-2-19(23)27-18-7-3-14(4-8-18)12-16-13-26-20(24)22-16/h3-10,16H,1-2,11-13H2,(H,22,24). The highest BCUT2D eigenvalue weighted by atomic mass is 127. The van der Waals surface area contributed by atoms with Crippen molar-refractivity contribution in [3.05, 3.63) is 57.7 Å². The number of hydrogen-bond acceptors (Lipinski definition) is 5. The zero-order chi connectivity index (χ0) is 19.1. The van der Waals surface area contributed by atoms with E-state index in [-0.39, 0.29) is 24.5 Å². The quantitative estimate of drug-likeness (QED) is 0.270. The van der Waals surface area contributed by atoms with Crippen molar-refractivity contribution in [3.63, 3.8) is 0 Å². The second kappa shape index (κ2) is 9.59. The second-order valence-electron chi connectivity index (χ2n) is 6.17. The van der Waals surface area contributed by atoms with Crippen LogP contribution in [0.5, 0.6) is 11.5 Å². The van der Waals surface area contributed by atoms with Crippen molar-refractivity contribution in [2.24, 2.45) is 0 Å². The summed E-state index contributed by atoms with van der Waals surface area (Å²) in [5, 5.41) is 2.73. The SMILES string of the molecule is O=C(CCCOc1ccc(I)cc1)Oc1ccc(CC2COC(=O)N2)cc1. The van der Waals surface area contributed by atoms with Crippen molar-refractivity contribution >= 4 is 34.7 Å². The molecule has 1 unspecified atom stereocenters. The minimum atomic E-state index is -0.378. The van der Waals surface area contributed by atoms with Crippen molar-refractivity contribution in [1.29, 1.82) is 0 Å². The normalized spacial score (nSPS) is 15.7. The van der Waals surface area contributed by atoms with Crippen LogP contribution < -0.4 is 14.8 Å². The largest absolute Gasteiger partial charge is 0.494 e. The fourth-order valence-corrected chi connectivity index (χ4v) is 2.99. The Hall–Kier alpha value is -2.29. The third-order valence-electron chi connectivity index (χ3n) is 3.98. The molecular formula is C20H20INO5. The molecular weight excluding hydrogens is 461 g/mol. The van der Waals surface area contributed by atoms with Crippen molar-refractivity contribution in [2.75, 3.05) is 13.2 Å². The number of benzene rings is 2. The van der Waals surface area contributed by atoms with Gasteiger partial charge in [-0.3, -0.25) is 4.79 Å². The molecule has 6 nitrogen and oxygen atoms in total. The molecule has 3 rings (SSSR count). The van der Waals surface area contributed by atoms with Crippen LogP contribution >= 0.6 is 22.6 Å². The van der Waals surface area contributed by atoms with Crippen LogP contribution in [0.4, 0.5) is 4.79 Å². The molecule has 0 spiro atoms. The van der Waals surface area contributed by atoms with Gasteiger partial charge in [0.1, 0.15) is 18.1 Å². The Morgan fingerprint density at radius 2 is 1.81 bits per heavy atom. The van der Waals surface area contributed by atoms with Gasteiger partial charge in [0.05, 0.1) is 12.6 Å². The lowest BCUT2D eigenvalue weighted by Gasteiger charge is -2.09. The first-order chi connectivity index (χ1) is 13.1. The predicted octanol–water partition coefficient (Wildman–Crippen LogP) is 3.71. The maximum atomic E-state index is 11.9. The molecule has 1 heterocycles. The first-order valence-corrected chi connectivity index (χ1v) is 9.77. The second-order valence-corrected chi connectivity index (χ2v) is 7.41. The Bertz CT molecular complexity index is 776. The molecule has 2 aromatic rings. The summed E-state index contributed by atoms with van der Waals surface area (Å²) in [5.41, 5.74) is 1.04. The maximum Gasteiger partial charge on any atom is 0.407 e. The lowest BCUT2D eigenvalue weighted by atomic mass is 10.1. The number of rotatable bonds is 8. The molecule has 7 heteroatoms. The summed E-state index contributed by atoms with van der Waals surface area (Å²) in [6.45, 7) is 0.837. The highest BCUT2D eigenvalue weighted by Crippen LogP contribution is 2.16. The fourth-order valence-electron chi connectivity index (χ4n) is 2.63. The monoisotopic (exact) mass is 481 g/mol. The molecule has 27 heavy (non-hydrogen) atoms. The molecule has 1 amide bonds. The van der Waals surface area contributed by atoms with E-state index in [0.717, 1.165) is 14.9 Å². The molecule has 0 saturated carbocycles. The maximum absolute atomic E-state index is 11.9. The molecule has 1 aliphatic rings. The van der Waals surface area contributed by atoms with E-state index in [1.54, 1.807) is 12.1 Å². The van der Waals surface area contributed by atoms with Crippen LogP contribution in [0.2, 0.25) is 0 Å². The van der Waals surface area contributed by atoms with Gasteiger partial charge in [0.2, 0.25) is 0 Å². The van der Waals surface area contributed by atoms with Gasteiger partial charge in [-0.15, -0.1) is 0 Å². The van der Waals surface area contributed by atoms with E-state index in [9.17, 15) is 9.59 Å². The molecule has 1 saturated heterocycles. The van der Waals surface area contributed by atoms with Gasteiger partial charge in [-0.1, -0.05) is 12.1 Å². The number of cyclic esters (lactones) is 1. The number of hydrogen-bond donors (Lipinski definition) is 1. The van der Waals surface area contributed by atoms with Crippen LogP contribution in [0.25, 0.3) is 0 Å². The fraction of sp³-hybridized carbons (Fsp3) is 0.300. The molecule has 142 valence electrons. The van der Waals surface area contributed by atoms with Gasteiger partial charge in [-0.05, 0) is 77.4 Å². The number of halogens is 1. The number of amides is 1. The summed E-state index contributed by atoms with van der Waals surface area (Å²) in [7, 11) is 0. The van der Waals surface area contributed by atoms with E-state index >= 15 is 0 Å². The molecule has 0 radical (unpaired) electrons. The van der Waals surface area contributed by atoms with Crippen LogP contribution in [0, 0.1) is 3.57 Å². The first kappa shape index (κ1) is 19.5. The van der Waals surface area contributed by atoms with Crippen molar-refractivity contribution in [2.45, 2.75) is 25.3 Å². The molecule has 0 bridgehead atoms. The van der Waals surface area contributed by atoms with Crippen molar-refractivity contribution in [1.82, 2.24) is 5.32 Å². The zero-order valence-electron chi connectivity index (χ0n) is 14.7. The molecule has 1 fully saturated rings. The number of carbonyl (C=O) groups is 2. The Morgan fingerprint density at radius 1 is 1.11 bits per heavy atom. The van der Waals surface area contributed by atoms with E-state index in [4.69, 9.17) is 14.2 Å². The van der Waals surface area contributed by atoms with Gasteiger partial charge in [0.15, 0.2) is 0 Å². The highest BCUT2D eigenvalue weighted by molar-refractivity contribution is 14.1. The Kier molecular flexibility index (Phi) is 6.92. The van der Waals surface area contributed by atoms with Crippen molar-refractivity contribution in [3.8, 4) is 11.5 Å². The Balaban J connectivity index is 1.36. The summed E-state index contributed by atoms with van der Waals surface area (Å²) in [6, 6.07) is 15.0. The van der Waals surface area contributed by atoms with Gasteiger partial charge in [-0.25, -0.2) is 4.79 Å². The lowest BCUT2D eigenvalue weighted by Crippen LogP contribution is -2.28. The average Bonchev–Trinajstić information content (AvgIpc) is 3.07. The molecule has 0 aliphatic carbocycles. The topological polar surface area (TPSA) is 73.9 Å². The average molecular weight is 481 g/mol. The van der Waals surface area contributed by atoms with Crippen LogP contribution in [-0.2, 0) is 16.0 Å². The van der Waals surface area contributed by atoms with Crippen LogP contribution in [-0.4, -0.2) is 31.3 Å². The third-order valence-corrected chi connectivity index (χ3v) is 4.70. The Labute approximate surface area is 171 Å².